The highest BCUT2D eigenvalue weighted by atomic mass is 16.5. The van der Waals surface area contributed by atoms with Crippen LogP contribution in [0.15, 0.2) is 71.5 Å². The molecule has 0 amide bonds. The zero-order valence-corrected chi connectivity index (χ0v) is 20.4. The molecule has 36 heavy (non-hydrogen) atoms. The summed E-state index contributed by atoms with van der Waals surface area (Å²) in [6.07, 6.45) is 11.7. The molecule has 1 aliphatic heterocycles. The molecule has 2 aliphatic rings. The quantitative estimate of drug-likeness (QED) is 0.358. The molecule has 0 spiro atoms. The smallest absolute Gasteiger partial charge is 0.244 e. The maximum atomic E-state index is 5.92. The van der Waals surface area contributed by atoms with Crippen molar-refractivity contribution >= 4 is 0 Å². The van der Waals surface area contributed by atoms with Crippen LogP contribution in [0.5, 0.6) is 5.75 Å². The molecule has 2 fully saturated rings. The first-order chi connectivity index (χ1) is 17.8. The lowest BCUT2D eigenvalue weighted by Crippen LogP contribution is -2.30. The third-order valence-electron chi connectivity index (χ3n) is 7.60. The van der Waals surface area contributed by atoms with E-state index in [1.807, 2.05) is 6.07 Å². The van der Waals surface area contributed by atoms with Crippen molar-refractivity contribution in [1.29, 1.82) is 0 Å². The summed E-state index contributed by atoms with van der Waals surface area (Å²) >= 11 is 0. The van der Waals surface area contributed by atoms with Gasteiger partial charge in [0, 0.05) is 23.4 Å². The average molecular weight is 482 g/mol. The molecule has 6 rings (SSSR count). The van der Waals surface area contributed by atoms with Crippen LogP contribution in [0, 0.1) is 0 Å². The Balaban J connectivity index is 1.22. The Hall–Kier alpha value is -3.58. The number of benzene rings is 2. The Morgan fingerprint density at radius 2 is 1.61 bits per heavy atom. The van der Waals surface area contributed by atoms with Crippen LogP contribution < -0.4 is 10.1 Å². The summed E-state index contributed by atoms with van der Waals surface area (Å²) in [5, 5.41) is 7.67. The Kier molecular flexibility index (Phi) is 6.47. The first kappa shape index (κ1) is 22.9. The molecule has 1 N–H and O–H groups in total. The van der Waals surface area contributed by atoms with E-state index in [1.165, 1.54) is 30.4 Å². The largest absolute Gasteiger partial charge is 0.486 e. The zero-order valence-electron chi connectivity index (χ0n) is 20.4. The molecule has 4 aromatic rings. The van der Waals surface area contributed by atoms with Crippen LogP contribution in [0.4, 0.5) is 0 Å². The first-order valence-electron chi connectivity index (χ1n) is 13.0. The molecule has 7 nitrogen and oxygen atoms in total. The van der Waals surface area contributed by atoms with Crippen molar-refractivity contribution in [3.63, 3.8) is 0 Å². The molecule has 2 aromatic carbocycles. The number of hydrogen-bond acceptors (Lipinski definition) is 7. The normalized spacial score (nSPS) is 19.3. The Labute approximate surface area is 211 Å². The molecular formula is C29H31N5O2. The Morgan fingerprint density at radius 3 is 2.31 bits per heavy atom. The van der Waals surface area contributed by atoms with E-state index in [0.717, 1.165) is 43.5 Å². The number of ether oxygens (including phenoxy) is 1. The number of nitrogens with one attached hydrogen (secondary N) is 1. The van der Waals surface area contributed by atoms with Gasteiger partial charge in [0.1, 0.15) is 12.4 Å². The molecule has 2 aromatic heterocycles. The SMILES string of the molecule is c1cnc(COc2ccc(C3(c4ccc(-c5noc([C@@H]6CCCN6)n5)cc4)CCCCC3)cc2)nc1. The highest BCUT2D eigenvalue weighted by Gasteiger charge is 2.35. The zero-order chi connectivity index (χ0) is 24.2. The lowest BCUT2D eigenvalue weighted by atomic mass is 9.65. The molecule has 1 aliphatic carbocycles. The van der Waals surface area contributed by atoms with Crippen molar-refractivity contribution in [3.05, 3.63) is 89.8 Å². The fourth-order valence-electron chi connectivity index (χ4n) is 5.65. The van der Waals surface area contributed by atoms with E-state index < -0.39 is 0 Å². The van der Waals surface area contributed by atoms with Gasteiger partial charge < -0.3 is 14.6 Å². The van der Waals surface area contributed by atoms with Crippen LogP contribution in [0.25, 0.3) is 11.4 Å². The minimum absolute atomic E-state index is 0.00797. The number of rotatable bonds is 7. The second kappa shape index (κ2) is 10.2. The monoisotopic (exact) mass is 481 g/mol. The van der Waals surface area contributed by atoms with E-state index in [2.05, 4.69) is 74.0 Å². The molecule has 0 unspecified atom stereocenters. The molecule has 184 valence electrons. The van der Waals surface area contributed by atoms with E-state index in [9.17, 15) is 0 Å². The van der Waals surface area contributed by atoms with Crippen molar-refractivity contribution < 1.29 is 9.26 Å². The number of hydrogen-bond donors (Lipinski definition) is 1. The van der Waals surface area contributed by atoms with Crippen LogP contribution in [-0.4, -0.2) is 26.7 Å². The second-order valence-electron chi connectivity index (χ2n) is 9.80. The van der Waals surface area contributed by atoms with E-state index in [1.54, 1.807) is 12.4 Å². The molecule has 3 heterocycles. The minimum atomic E-state index is 0.00797. The summed E-state index contributed by atoms with van der Waals surface area (Å²) < 4.78 is 11.5. The van der Waals surface area contributed by atoms with Gasteiger partial charge in [0.2, 0.25) is 11.7 Å². The van der Waals surface area contributed by atoms with Crippen molar-refractivity contribution in [2.24, 2.45) is 0 Å². The van der Waals surface area contributed by atoms with Crippen molar-refractivity contribution in [1.82, 2.24) is 25.4 Å². The average Bonchev–Trinajstić information content (AvgIpc) is 3.66. The summed E-state index contributed by atoms with van der Waals surface area (Å²) in [5.41, 5.74) is 3.68. The number of aromatic nitrogens is 4. The van der Waals surface area contributed by atoms with Gasteiger partial charge in [-0.2, -0.15) is 4.98 Å². The van der Waals surface area contributed by atoms with Gasteiger partial charge in [0.05, 0.1) is 6.04 Å². The van der Waals surface area contributed by atoms with Crippen LogP contribution in [-0.2, 0) is 12.0 Å². The number of nitrogens with zero attached hydrogens (tertiary/aromatic N) is 4. The van der Waals surface area contributed by atoms with Gasteiger partial charge in [-0.25, -0.2) is 9.97 Å². The molecule has 0 radical (unpaired) electrons. The summed E-state index contributed by atoms with van der Waals surface area (Å²) in [6, 6.07) is 19.4. The Bertz CT molecular complexity index is 1260. The van der Waals surface area contributed by atoms with Crippen molar-refractivity contribution in [2.45, 2.75) is 63.0 Å². The van der Waals surface area contributed by atoms with E-state index in [-0.39, 0.29) is 11.5 Å². The summed E-state index contributed by atoms with van der Waals surface area (Å²) in [6.45, 7) is 1.37. The summed E-state index contributed by atoms with van der Waals surface area (Å²) in [7, 11) is 0. The van der Waals surface area contributed by atoms with Crippen LogP contribution in [0.1, 0.15) is 73.8 Å². The summed E-state index contributed by atoms with van der Waals surface area (Å²) in [5.74, 6) is 2.86. The maximum absolute atomic E-state index is 5.92. The molecule has 1 atom stereocenters. The van der Waals surface area contributed by atoms with Gasteiger partial charge in [0.25, 0.3) is 0 Å². The van der Waals surface area contributed by atoms with Crippen LogP contribution >= 0.6 is 0 Å². The molecule has 0 bridgehead atoms. The van der Waals surface area contributed by atoms with Gasteiger partial charge in [0.15, 0.2) is 5.82 Å². The third kappa shape index (κ3) is 4.63. The summed E-state index contributed by atoms with van der Waals surface area (Å²) in [4.78, 5) is 13.1. The molecular weight excluding hydrogens is 450 g/mol. The maximum Gasteiger partial charge on any atom is 0.244 e. The molecule has 7 heteroatoms. The fourth-order valence-corrected chi connectivity index (χ4v) is 5.65. The molecule has 1 saturated carbocycles. The predicted molar refractivity (Wildman–Crippen MR) is 136 cm³/mol. The second-order valence-corrected chi connectivity index (χ2v) is 9.80. The highest BCUT2D eigenvalue weighted by molar-refractivity contribution is 5.56. The lowest BCUT2D eigenvalue weighted by Gasteiger charge is -2.38. The van der Waals surface area contributed by atoms with E-state index in [4.69, 9.17) is 9.26 Å². The predicted octanol–water partition coefficient (Wildman–Crippen LogP) is 5.78. The third-order valence-corrected chi connectivity index (χ3v) is 7.60. The van der Waals surface area contributed by atoms with Gasteiger partial charge in [-0.15, -0.1) is 0 Å². The van der Waals surface area contributed by atoms with Gasteiger partial charge in [-0.3, -0.25) is 0 Å². The van der Waals surface area contributed by atoms with E-state index in [0.29, 0.717) is 24.1 Å². The van der Waals surface area contributed by atoms with Crippen molar-refractivity contribution in [2.75, 3.05) is 6.54 Å². The Morgan fingerprint density at radius 1 is 0.889 bits per heavy atom. The van der Waals surface area contributed by atoms with Gasteiger partial charge >= 0.3 is 0 Å². The van der Waals surface area contributed by atoms with Crippen LogP contribution in [0.2, 0.25) is 0 Å². The fraction of sp³-hybridized carbons (Fsp3) is 0.379. The standard InChI is InChI=1S/C29H31N5O2/c1-2-15-29(16-3-1,23-11-13-24(14-12-23)35-20-26-31-18-5-19-32-26)22-9-7-21(8-10-22)27-33-28(36-34-27)25-6-4-17-30-25/h5,7-14,18-19,25,30H,1-4,6,15-17,20H2/t25-/m0/s1. The van der Waals surface area contributed by atoms with Gasteiger partial charge in [-0.05, 0) is 61.6 Å². The van der Waals surface area contributed by atoms with E-state index >= 15 is 0 Å². The van der Waals surface area contributed by atoms with Crippen molar-refractivity contribution in [3.8, 4) is 17.1 Å². The topological polar surface area (TPSA) is 86.0 Å². The first-order valence-corrected chi connectivity index (χ1v) is 13.0. The lowest BCUT2D eigenvalue weighted by molar-refractivity contribution is 0.295. The minimum Gasteiger partial charge on any atom is -0.486 e. The molecule has 1 saturated heterocycles. The highest BCUT2D eigenvalue weighted by Crippen LogP contribution is 2.45. The van der Waals surface area contributed by atoms with Gasteiger partial charge in [-0.1, -0.05) is 60.8 Å². The van der Waals surface area contributed by atoms with Crippen LogP contribution in [0.3, 0.4) is 0 Å².